The average Bonchev–Trinajstić information content (AvgIpc) is 2.63. The number of anilines is 1. The van der Waals surface area contributed by atoms with Gasteiger partial charge in [-0.15, -0.1) is 0 Å². The Balaban J connectivity index is 1.43. The van der Waals surface area contributed by atoms with Gasteiger partial charge in [0.15, 0.2) is 0 Å². The molecule has 0 atom stereocenters. The molecule has 6 heteroatoms. The van der Waals surface area contributed by atoms with Crippen molar-refractivity contribution in [1.82, 2.24) is 20.3 Å². The van der Waals surface area contributed by atoms with Gasteiger partial charge in [0, 0.05) is 56.3 Å². The molecule has 6 nitrogen and oxygen atoms in total. The zero-order chi connectivity index (χ0) is 15.9. The van der Waals surface area contributed by atoms with E-state index < -0.39 is 0 Å². The van der Waals surface area contributed by atoms with Crippen molar-refractivity contribution in [2.24, 2.45) is 0 Å². The Morgan fingerprint density at radius 3 is 2.78 bits per heavy atom. The molecule has 0 radical (unpaired) electrons. The van der Waals surface area contributed by atoms with Crippen molar-refractivity contribution in [2.45, 2.75) is 25.3 Å². The molecule has 0 aliphatic carbocycles. The highest BCUT2D eigenvalue weighted by Gasteiger charge is 2.20. The number of pyridine rings is 1. The van der Waals surface area contributed by atoms with E-state index in [0.29, 0.717) is 11.9 Å². The summed E-state index contributed by atoms with van der Waals surface area (Å²) < 4.78 is 5.17. The lowest BCUT2D eigenvalue weighted by atomic mass is 10.1. The average molecular weight is 313 g/mol. The van der Waals surface area contributed by atoms with E-state index in [1.54, 1.807) is 19.4 Å². The van der Waals surface area contributed by atoms with Crippen molar-refractivity contribution in [3.05, 3.63) is 42.4 Å². The first-order valence-corrected chi connectivity index (χ1v) is 8.10. The number of piperidine rings is 1. The third kappa shape index (κ3) is 4.39. The first-order chi connectivity index (χ1) is 11.3. The summed E-state index contributed by atoms with van der Waals surface area (Å²) in [5, 5.41) is 3.63. The minimum Gasteiger partial charge on any atom is -0.481 e. The van der Waals surface area contributed by atoms with Crippen molar-refractivity contribution < 1.29 is 4.74 Å². The second kappa shape index (κ2) is 7.87. The lowest BCUT2D eigenvalue weighted by Crippen LogP contribution is -2.43. The number of aromatic nitrogens is 3. The molecule has 0 aromatic carbocycles. The van der Waals surface area contributed by atoms with Crippen LogP contribution < -0.4 is 15.0 Å². The summed E-state index contributed by atoms with van der Waals surface area (Å²) in [4.78, 5) is 15.3. The molecule has 0 saturated carbocycles. The number of ether oxygens (including phenoxy) is 1. The monoisotopic (exact) mass is 313 g/mol. The molecule has 1 aliphatic heterocycles. The molecule has 0 unspecified atom stereocenters. The standard InChI is InChI=1S/C17H23N5O/c1-23-16-6-11-20-17(21-16)22-12-7-15(8-13-22)19-10-5-14-4-2-3-9-18-14/h2-4,6,9,11,15,19H,5,7-8,10,12-13H2,1H3. The zero-order valence-electron chi connectivity index (χ0n) is 13.5. The number of nitrogens with zero attached hydrogens (tertiary/aromatic N) is 4. The minimum atomic E-state index is 0.556. The van der Waals surface area contributed by atoms with Crippen molar-refractivity contribution in [3.8, 4) is 5.88 Å². The van der Waals surface area contributed by atoms with Crippen LogP contribution in [-0.4, -0.2) is 47.7 Å². The molecule has 23 heavy (non-hydrogen) atoms. The van der Waals surface area contributed by atoms with E-state index >= 15 is 0 Å². The quantitative estimate of drug-likeness (QED) is 0.875. The van der Waals surface area contributed by atoms with Crippen LogP contribution in [-0.2, 0) is 6.42 Å². The lowest BCUT2D eigenvalue weighted by molar-refractivity contribution is 0.392. The summed E-state index contributed by atoms with van der Waals surface area (Å²) in [5.41, 5.74) is 1.14. The van der Waals surface area contributed by atoms with Crippen LogP contribution in [0.15, 0.2) is 36.7 Å². The van der Waals surface area contributed by atoms with Crippen molar-refractivity contribution >= 4 is 5.95 Å². The maximum Gasteiger partial charge on any atom is 0.228 e. The molecular weight excluding hydrogens is 290 g/mol. The van der Waals surface area contributed by atoms with Crippen LogP contribution in [0.1, 0.15) is 18.5 Å². The second-order valence-electron chi connectivity index (χ2n) is 5.69. The molecular formula is C17H23N5O. The summed E-state index contributed by atoms with van der Waals surface area (Å²) in [6.45, 7) is 2.90. The third-order valence-corrected chi connectivity index (χ3v) is 4.14. The first-order valence-electron chi connectivity index (χ1n) is 8.10. The molecule has 0 spiro atoms. The van der Waals surface area contributed by atoms with Crippen molar-refractivity contribution in [2.75, 3.05) is 31.6 Å². The molecule has 1 N–H and O–H groups in total. The highest BCUT2D eigenvalue weighted by atomic mass is 16.5. The number of rotatable bonds is 6. The van der Waals surface area contributed by atoms with E-state index in [2.05, 4.69) is 31.2 Å². The van der Waals surface area contributed by atoms with Gasteiger partial charge in [0.1, 0.15) is 0 Å². The van der Waals surface area contributed by atoms with E-state index in [4.69, 9.17) is 4.74 Å². The second-order valence-corrected chi connectivity index (χ2v) is 5.69. The van der Waals surface area contributed by atoms with E-state index in [0.717, 1.165) is 50.5 Å². The molecule has 0 bridgehead atoms. The Morgan fingerprint density at radius 1 is 1.17 bits per heavy atom. The third-order valence-electron chi connectivity index (χ3n) is 4.14. The summed E-state index contributed by atoms with van der Waals surface area (Å²) in [7, 11) is 1.63. The first kappa shape index (κ1) is 15.7. The Bertz CT molecular complexity index is 599. The minimum absolute atomic E-state index is 0.556. The molecule has 1 aliphatic rings. The summed E-state index contributed by atoms with van der Waals surface area (Å²) >= 11 is 0. The van der Waals surface area contributed by atoms with Crippen LogP contribution in [0.5, 0.6) is 5.88 Å². The van der Waals surface area contributed by atoms with Gasteiger partial charge in [0.05, 0.1) is 7.11 Å². The van der Waals surface area contributed by atoms with Crippen molar-refractivity contribution in [3.63, 3.8) is 0 Å². The Labute approximate surface area is 136 Å². The molecule has 0 amide bonds. The van der Waals surface area contributed by atoms with Crippen LogP contribution in [0, 0.1) is 0 Å². The Hall–Kier alpha value is -2.21. The summed E-state index contributed by atoms with van der Waals surface area (Å²) in [5.74, 6) is 1.38. The van der Waals surface area contributed by atoms with Crippen molar-refractivity contribution in [1.29, 1.82) is 0 Å². The number of hydrogen-bond donors (Lipinski definition) is 1. The van der Waals surface area contributed by atoms with Crippen LogP contribution in [0.3, 0.4) is 0 Å². The van der Waals surface area contributed by atoms with Gasteiger partial charge in [0.25, 0.3) is 0 Å². The lowest BCUT2D eigenvalue weighted by Gasteiger charge is -2.32. The predicted molar refractivity (Wildman–Crippen MR) is 89.8 cm³/mol. The smallest absolute Gasteiger partial charge is 0.228 e. The highest BCUT2D eigenvalue weighted by molar-refractivity contribution is 5.32. The van der Waals surface area contributed by atoms with Crippen LogP contribution >= 0.6 is 0 Å². The van der Waals surface area contributed by atoms with Gasteiger partial charge in [-0.3, -0.25) is 4.98 Å². The highest BCUT2D eigenvalue weighted by Crippen LogP contribution is 2.18. The van der Waals surface area contributed by atoms with Gasteiger partial charge >= 0.3 is 0 Å². The van der Waals surface area contributed by atoms with Gasteiger partial charge in [-0.1, -0.05) is 6.07 Å². The van der Waals surface area contributed by atoms with Crippen LogP contribution in [0.25, 0.3) is 0 Å². The zero-order valence-corrected chi connectivity index (χ0v) is 13.5. The normalized spacial score (nSPS) is 15.6. The number of methoxy groups -OCH3 is 1. The summed E-state index contributed by atoms with van der Waals surface area (Å²) in [6, 6.07) is 8.39. The topological polar surface area (TPSA) is 63.2 Å². The SMILES string of the molecule is COc1ccnc(N2CCC(NCCc3ccccn3)CC2)n1. The van der Waals surface area contributed by atoms with Gasteiger partial charge < -0.3 is 15.0 Å². The van der Waals surface area contributed by atoms with E-state index in [1.165, 1.54) is 0 Å². The maximum atomic E-state index is 5.17. The largest absolute Gasteiger partial charge is 0.481 e. The molecule has 3 heterocycles. The molecule has 3 rings (SSSR count). The predicted octanol–water partition coefficient (Wildman–Crippen LogP) is 1.68. The number of nitrogens with one attached hydrogen (secondary N) is 1. The van der Waals surface area contributed by atoms with E-state index in [1.807, 2.05) is 18.3 Å². The summed E-state index contributed by atoms with van der Waals surface area (Å²) in [6.07, 6.45) is 6.77. The fourth-order valence-electron chi connectivity index (χ4n) is 2.83. The Kier molecular flexibility index (Phi) is 5.37. The van der Waals surface area contributed by atoms with Gasteiger partial charge in [-0.2, -0.15) is 4.98 Å². The van der Waals surface area contributed by atoms with Gasteiger partial charge in [-0.25, -0.2) is 4.98 Å². The van der Waals surface area contributed by atoms with Crippen LogP contribution in [0.2, 0.25) is 0 Å². The molecule has 122 valence electrons. The number of hydrogen-bond acceptors (Lipinski definition) is 6. The van der Waals surface area contributed by atoms with Crippen LogP contribution in [0.4, 0.5) is 5.95 Å². The molecule has 1 fully saturated rings. The molecule has 2 aromatic heterocycles. The fraction of sp³-hybridized carbons (Fsp3) is 0.471. The molecule has 1 saturated heterocycles. The maximum absolute atomic E-state index is 5.17. The molecule has 2 aromatic rings. The van der Waals surface area contributed by atoms with Gasteiger partial charge in [-0.05, 0) is 25.0 Å². The van der Waals surface area contributed by atoms with E-state index in [9.17, 15) is 0 Å². The van der Waals surface area contributed by atoms with E-state index in [-0.39, 0.29) is 0 Å². The van der Waals surface area contributed by atoms with Gasteiger partial charge in [0.2, 0.25) is 11.8 Å². The fourth-order valence-corrected chi connectivity index (χ4v) is 2.83. The Morgan fingerprint density at radius 2 is 2.04 bits per heavy atom.